The largest absolute Gasteiger partial charge is 0.493 e. The number of amides is 1. The number of likely N-dealkylation sites (tertiary alicyclic amines) is 1. The summed E-state index contributed by atoms with van der Waals surface area (Å²) >= 11 is 0. The average molecular weight is 454 g/mol. The van der Waals surface area contributed by atoms with Gasteiger partial charge in [0.1, 0.15) is 5.82 Å². The van der Waals surface area contributed by atoms with E-state index in [0.717, 1.165) is 35.2 Å². The number of rotatable bonds is 7. The van der Waals surface area contributed by atoms with Crippen LogP contribution >= 0.6 is 0 Å². The number of ether oxygens (including phenoxy) is 3. The summed E-state index contributed by atoms with van der Waals surface area (Å²) in [6.45, 7) is 1.27. The van der Waals surface area contributed by atoms with Crippen LogP contribution in [0.25, 0.3) is 11.1 Å². The first-order valence-corrected chi connectivity index (χ1v) is 10.9. The van der Waals surface area contributed by atoms with Gasteiger partial charge in [-0.15, -0.1) is 0 Å². The van der Waals surface area contributed by atoms with Gasteiger partial charge in [0, 0.05) is 30.3 Å². The Bertz CT molecular complexity index is 1110. The second-order valence-electron chi connectivity index (χ2n) is 8.10. The number of hydrogen-bond acceptors (Lipinski definition) is 5. The fraction of sp³-hybridized carbons (Fsp3) is 0.360. The number of aromatic amines is 1. The minimum atomic E-state index is -0.287. The predicted octanol–water partition coefficient (Wildman–Crippen LogP) is 4.19. The van der Waals surface area contributed by atoms with E-state index in [1.54, 1.807) is 45.7 Å². The summed E-state index contributed by atoms with van der Waals surface area (Å²) in [5, 5.41) is 7.29. The number of carbonyl (C=O) groups excluding carboxylic acids is 1. The zero-order valence-electron chi connectivity index (χ0n) is 19.1. The molecular weight excluding hydrogens is 425 g/mol. The molecular formula is C25H28FN3O4. The van der Waals surface area contributed by atoms with Crippen LogP contribution in [0.2, 0.25) is 0 Å². The Labute approximate surface area is 192 Å². The lowest BCUT2D eigenvalue weighted by molar-refractivity contribution is -0.131. The molecule has 1 N–H and O–H groups in total. The van der Waals surface area contributed by atoms with E-state index < -0.39 is 0 Å². The third kappa shape index (κ3) is 4.79. The van der Waals surface area contributed by atoms with E-state index in [4.69, 9.17) is 14.2 Å². The average Bonchev–Trinajstić information content (AvgIpc) is 3.33. The van der Waals surface area contributed by atoms with Gasteiger partial charge in [-0.25, -0.2) is 4.39 Å². The summed E-state index contributed by atoms with van der Waals surface area (Å²) in [5.74, 6) is 1.38. The van der Waals surface area contributed by atoms with Gasteiger partial charge in [0.25, 0.3) is 0 Å². The number of carbonyl (C=O) groups is 1. The number of hydrogen-bond donors (Lipinski definition) is 1. The Morgan fingerprint density at radius 2 is 1.91 bits per heavy atom. The molecule has 7 nitrogen and oxygen atoms in total. The zero-order chi connectivity index (χ0) is 23.4. The summed E-state index contributed by atoms with van der Waals surface area (Å²) in [7, 11) is 4.66. The molecule has 3 aromatic rings. The number of piperidine rings is 1. The molecule has 2 aromatic carbocycles. The predicted molar refractivity (Wildman–Crippen MR) is 122 cm³/mol. The highest BCUT2D eigenvalue weighted by Crippen LogP contribution is 2.39. The molecule has 1 atom stereocenters. The van der Waals surface area contributed by atoms with Crippen LogP contribution in [0.3, 0.4) is 0 Å². The first-order valence-electron chi connectivity index (χ1n) is 10.9. The summed E-state index contributed by atoms with van der Waals surface area (Å²) in [6.07, 6.45) is 3.76. The van der Waals surface area contributed by atoms with Crippen molar-refractivity contribution in [3.8, 4) is 28.4 Å². The van der Waals surface area contributed by atoms with E-state index in [2.05, 4.69) is 10.2 Å². The van der Waals surface area contributed by atoms with Gasteiger partial charge in [-0.3, -0.25) is 9.89 Å². The van der Waals surface area contributed by atoms with Gasteiger partial charge >= 0.3 is 0 Å². The molecule has 8 heteroatoms. The van der Waals surface area contributed by atoms with Crippen molar-refractivity contribution in [1.82, 2.24) is 15.1 Å². The lowest BCUT2D eigenvalue weighted by atomic mass is 9.90. The van der Waals surface area contributed by atoms with Gasteiger partial charge in [-0.2, -0.15) is 5.10 Å². The Morgan fingerprint density at radius 1 is 1.15 bits per heavy atom. The summed E-state index contributed by atoms with van der Waals surface area (Å²) in [6, 6.07) is 10.1. The molecule has 174 valence electrons. The van der Waals surface area contributed by atoms with E-state index in [1.165, 1.54) is 12.1 Å². The quantitative estimate of drug-likeness (QED) is 0.581. The van der Waals surface area contributed by atoms with Crippen LogP contribution in [-0.2, 0) is 11.2 Å². The van der Waals surface area contributed by atoms with Crippen molar-refractivity contribution < 1.29 is 23.4 Å². The van der Waals surface area contributed by atoms with Crippen molar-refractivity contribution in [2.24, 2.45) is 0 Å². The van der Waals surface area contributed by atoms with Gasteiger partial charge in [-0.05, 0) is 48.2 Å². The molecule has 2 heterocycles. The number of H-pyrrole nitrogens is 1. The highest BCUT2D eigenvalue weighted by molar-refractivity contribution is 5.79. The van der Waals surface area contributed by atoms with Gasteiger partial charge < -0.3 is 19.1 Å². The third-order valence-corrected chi connectivity index (χ3v) is 6.07. The van der Waals surface area contributed by atoms with Crippen LogP contribution < -0.4 is 14.2 Å². The fourth-order valence-corrected chi connectivity index (χ4v) is 4.46. The van der Waals surface area contributed by atoms with Gasteiger partial charge in [0.2, 0.25) is 11.7 Å². The summed E-state index contributed by atoms with van der Waals surface area (Å²) in [5.41, 5.74) is 3.38. The van der Waals surface area contributed by atoms with Gasteiger partial charge in [0.05, 0.1) is 33.9 Å². The smallest absolute Gasteiger partial charge is 0.227 e. The maximum Gasteiger partial charge on any atom is 0.227 e. The van der Waals surface area contributed by atoms with E-state index >= 15 is 0 Å². The molecule has 1 aromatic heterocycles. The van der Waals surface area contributed by atoms with Crippen LogP contribution in [0.5, 0.6) is 17.2 Å². The van der Waals surface area contributed by atoms with Crippen molar-refractivity contribution in [3.63, 3.8) is 0 Å². The number of nitrogens with zero attached hydrogens (tertiary/aromatic N) is 2. The van der Waals surface area contributed by atoms with E-state index in [0.29, 0.717) is 30.3 Å². The molecule has 1 fully saturated rings. The fourth-order valence-electron chi connectivity index (χ4n) is 4.46. The second-order valence-corrected chi connectivity index (χ2v) is 8.10. The highest BCUT2D eigenvalue weighted by Gasteiger charge is 2.28. The molecule has 4 rings (SSSR count). The van der Waals surface area contributed by atoms with Gasteiger partial charge in [-0.1, -0.05) is 12.1 Å². The summed E-state index contributed by atoms with van der Waals surface area (Å²) < 4.78 is 29.9. The molecule has 0 spiro atoms. The molecule has 1 saturated heterocycles. The van der Waals surface area contributed by atoms with Crippen molar-refractivity contribution in [3.05, 3.63) is 59.7 Å². The van der Waals surface area contributed by atoms with Crippen LogP contribution in [0.4, 0.5) is 4.39 Å². The monoisotopic (exact) mass is 453 g/mol. The van der Waals surface area contributed by atoms with E-state index in [-0.39, 0.29) is 24.1 Å². The zero-order valence-corrected chi connectivity index (χ0v) is 19.1. The highest BCUT2D eigenvalue weighted by atomic mass is 19.1. The van der Waals surface area contributed by atoms with Crippen LogP contribution in [0.1, 0.15) is 30.0 Å². The standard InChI is InChI=1S/C25H28FN3O4/c1-31-21-10-16(11-22(32-2)25(21)33-3)12-23(30)29-9-5-7-18(15-29)24-20(14-27-28-24)17-6-4-8-19(26)13-17/h4,6,8,10-11,13-14,18H,5,7,9,12,15H2,1-3H3,(H,27,28). The number of methoxy groups -OCH3 is 3. The second kappa shape index (κ2) is 9.94. The molecule has 0 aliphatic carbocycles. The number of halogens is 1. The normalized spacial score (nSPS) is 15.9. The first-order chi connectivity index (χ1) is 16.0. The molecule has 1 unspecified atom stereocenters. The molecule has 33 heavy (non-hydrogen) atoms. The SMILES string of the molecule is COc1cc(CC(=O)N2CCCC(c3[nH]ncc3-c3cccc(F)c3)C2)cc(OC)c1OC. The number of aromatic nitrogens is 2. The first kappa shape index (κ1) is 22.6. The van der Waals surface area contributed by atoms with Crippen molar-refractivity contribution in [2.45, 2.75) is 25.2 Å². The molecule has 0 bridgehead atoms. The van der Waals surface area contributed by atoms with Crippen molar-refractivity contribution >= 4 is 5.91 Å². The maximum atomic E-state index is 13.8. The van der Waals surface area contributed by atoms with Gasteiger partial charge in [0.15, 0.2) is 11.5 Å². The van der Waals surface area contributed by atoms with E-state index in [1.807, 2.05) is 11.0 Å². The minimum Gasteiger partial charge on any atom is -0.493 e. The molecule has 1 aliphatic rings. The van der Waals surface area contributed by atoms with Crippen molar-refractivity contribution in [2.75, 3.05) is 34.4 Å². The minimum absolute atomic E-state index is 0.0285. The number of nitrogens with one attached hydrogen (secondary N) is 1. The van der Waals surface area contributed by atoms with E-state index in [9.17, 15) is 9.18 Å². The molecule has 0 saturated carbocycles. The Morgan fingerprint density at radius 3 is 2.58 bits per heavy atom. The van der Waals surface area contributed by atoms with Crippen LogP contribution in [0.15, 0.2) is 42.6 Å². The molecule has 1 amide bonds. The van der Waals surface area contributed by atoms with Crippen molar-refractivity contribution in [1.29, 1.82) is 0 Å². The van der Waals surface area contributed by atoms with Crippen LogP contribution in [-0.4, -0.2) is 55.4 Å². The maximum absolute atomic E-state index is 13.8. The Hall–Kier alpha value is -3.55. The number of benzene rings is 2. The third-order valence-electron chi connectivity index (χ3n) is 6.07. The lowest BCUT2D eigenvalue weighted by Gasteiger charge is -2.33. The Kier molecular flexibility index (Phi) is 6.82. The Balaban J connectivity index is 1.51. The lowest BCUT2D eigenvalue weighted by Crippen LogP contribution is -2.40. The topological polar surface area (TPSA) is 76.7 Å². The molecule has 1 aliphatic heterocycles. The summed E-state index contributed by atoms with van der Waals surface area (Å²) in [4.78, 5) is 15.1. The van der Waals surface area contributed by atoms with Crippen LogP contribution in [0, 0.1) is 5.82 Å². The molecule has 0 radical (unpaired) electrons.